The van der Waals surface area contributed by atoms with Gasteiger partial charge in [0.05, 0.1) is 16.7 Å². The number of nitro groups is 1. The smallest absolute Gasteiger partial charge is 0.302 e. The van der Waals surface area contributed by atoms with E-state index in [2.05, 4.69) is 9.98 Å². The fourth-order valence-electron chi connectivity index (χ4n) is 3.17. The van der Waals surface area contributed by atoms with Crippen LogP contribution in [0, 0.1) is 10.1 Å². The first-order valence-corrected chi connectivity index (χ1v) is 10.3. The predicted octanol–water partition coefficient (Wildman–Crippen LogP) is 4.08. The van der Waals surface area contributed by atoms with E-state index in [-0.39, 0.29) is 30.9 Å². The molecule has 0 aliphatic carbocycles. The van der Waals surface area contributed by atoms with Crippen molar-refractivity contribution in [2.24, 2.45) is 4.99 Å². The fourth-order valence-corrected chi connectivity index (χ4v) is 4.18. The van der Waals surface area contributed by atoms with E-state index < -0.39 is 4.92 Å². The minimum absolute atomic E-state index is 0.00882. The number of aromatic nitrogens is 1. The van der Waals surface area contributed by atoms with Crippen LogP contribution in [0.25, 0.3) is 10.9 Å². The van der Waals surface area contributed by atoms with Crippen molar-refractivity contribution in [2.45, 2.75) is 19.6 Å². The zero-order valence-corrected chi connectivity index (χ0v) is 17.0. The molecular formula is C21H19N3O5S. The summed E-state index contributed by atoms with van der Waals surface area (Å²) in [6.45, 7) is 1.82. The summed E-state index contributed by atoms with van der Waals surface area (Å²) in [5.41, 5.74) is 1.86. The van der Waals surface area contributed by atoms with Crippen molar-refractivity contribution in [1.82, 2.24) is 4.98 Å². The molecule has 0 saturated heterocycles. The first-order valence-electron chi connectivity index (χ1n) is 9.32. The van der Waals surface area contributed by atoms with Crippen molar-refractivity contribution in [2.75, 3.05) is 12.4 Å². The zero-order chi connectivity index (χ0) is 21.1. The average molecular weight is 425 g/mol. The van der Waals surface area contributed by atoms with Gasteiger partial charge in [0.15, 0.2) is 0 Å². The topological polar surface area (TPSA) is 107 Å². The Balaban J connectivity index is 1.60. The fraction of sp³-hybridized carbons (Fsp3) is 0.238. The van der Waals surface area contributed by atoms with Gasteiger partial charge >= 0.3 is 5.97 Å². The van der Waals surface area contributed by atoms with Gasteiger partial charge in [-0.1, -0.05) is 18.2 Å². The van der Waals surface area contributed by atoms with E-state index in [4.69, 9.17) is 9.47 Å². The van der Waals surface area contributed by atoms with Gasteiger partial charge in [-0.3, -0.25) is 19.9 Å². The number of non-ortho nitro benzene ring substituents is 1. The van der Waals surface area contributed by atoms with Crippen molar-refractivity contribution in [3.63, 3.8) is 0 Å². The SMILES string of the molecule is CC(=O)OCC1CSC(c2cc3cc(COc4ccccc4)cc([N+](=O)[O-])c3[nH]2)=N1. The molecule has 30 heavy (non-hydrogen) atoms. The molecule has 0 spiro atoms. The number of nitrogens with one attached hydrogen (secondary N) is 1. The van der Waals surface area contributed by atoms with E-state index in [0.29, 0.717) is 28.3 Å². The first kappa shape index (κ1) is 20.0. The molecule has 1 aromatic heterocycles. The number of hydrogen-bond acceptors (Lipinski definition) is 7. The highest BCUT2D eigenvalue weighted by Gasteiger charge is 2.24. The average Bonchev–Trinajstić information content (AvgIpc) is 3.37. The molecule has 0 bridgehead atoms. The number of rotatable bonds is 7. The molecule has 8 nitrogen and oxygen atoms in total. The van der Waals surface area contributed by atoms with Crippen LogP contribution in [0.2, 0.25) is 0 Å². The summed E-state index contributed by atoms with van der Waals surface area (Å²) in [4.78, 5) is 29.9. The van der Waals surface area contributed by atoms with Crippen molar-refractivity contribution < 1.29 is 19.2 Å². The number of aliphatic imine (C=N–C) groups is 1. The van der Waals surface area contributed by atoms with Crippen LogP contribution in [0.5, 0.6) is 5.75 Å². The molecule has 2 aromatic carbocycles. The molecule has 1 unspecified atom stereocenters. The van der Waals surface area contributed by atoms with Gasteiger partial charge in [0.2, 0.25) is 0 Å². The number of H-pyrrole nitrogens is 1. The molecule has 9 heteroatoms. The number of aromatic amines is 1. The second-order valence-corrected chi connectivity index (χ2v) is 7.83. The number of fused-ring (bicyclic) bond motifs is 1. The van der Waals surface area contributed by atoms with Crippen LogP contribution in [0.15, 0.2) is 53.5 Å². The maximum Gasteiger partial charge on any atom is 0.302 e. The highest BCUT2D eigenvalue weighted by atomic mass is 32.2. The summed E-state index contributed by atoms with van der Waals surface area (Å²) in [5.74, 6) is 1.05. The standard InChI is InChI=1S/C21H19N3O5S/c1-13(25)28-11-16-12-30-21(22-16)18-9-15-7-14(8-19(24(26)27)20(15)23-18)10-29-17-5-3-2-4-6-17/h2-9,16,23H,10-12H2,1H3. The molecule has 2 heterocycles. The third kappa shape index (κ3) is 4.46. The van der Waals surface area contributed by atoms with Crippen LogP contribution in [0.4, 0.5) is 5.69 Å². The van der Waals surface area contributed by atoms with Crippen LogP contribution in [0.1, 0.15) is 18.2 Å². The molecule has 0 amide bonds. The molecule has 1 N–H and O–H groups in total. The van der Waals surface area contributed by atoms with E-state index >= 15 is 0 Å². The number of hydrogen-bond donors (Lipinski definition) is 1. The van der Waals surface area contributed by atoms with Crippen molar-refractivity contribution in [3.8, 4) is 5.75 Å². The summed E-state index contributed by atoms with van der Waals surface area (Å²) in [5, 5.41) is 13.1. The maximum atomic E-state index is 11.6. The van der Waals surface area contributed by atoms with Gasteiger partial charge < -0.3 is 14.5 Å². The largest absolute Gasteiger partial charge is 0.489 e. The lowest BCUT2D eigenvalue weighted by molar-refractivity contribution is -0.383. The lowest BCUT2D eigenvalue weighted by atomic mass is 10.1. The Morgan fingerprint density at radius 3 is 2.83 bits per heavy atom. The Hall–Kier alpha value is -3.33. The molecular weight excluding hydrogens is 406 g/mol. The number of nitro benzene ring substituents is 1. The molecule has 1 aliphatic heterocycles. The highest BCUT2D eigenvalue weighted by Crippen LogP contribution is 2.31. The number of carbonyl (C=O) groups is 1. The second kappa shape index (κ2) is 8.58. The number of thioether (sulfide) groups is 1. The number of benzene rings is 2. The first-order chi connectivity index (χ1) is 14.5. The maximum absolute atomic E-state index is 11.6. The highest BCUT2D eigenvalue weighted by molar-refractivity contribution is 8.14. The second-order valence-electron chi connectivity index (χ2n) is 6.82. The van der Waals surface area contributed by atoms with E-state index in [1.54, 1.807) is 0 Å². The summed E-state index contributed by atoms with van der Waals surface area (Å²) in [6, 6.07) is 14.4. The third-order valence-corrected chi connectivity index (χ3v) is 5.68. The summed E-state index contributed by atoms with van der Waals surface area (Å²) in [7, 11) is 0. The predicted molar refractivity (Wildman–Crippen MR) is 115 cm³/mol. The quantitative estimate of drug-likeness (QED) is 0.347. The van der Waals surface area contributed by atoms with Crippen molar-refractivity contribution in [1.29, 1.82) is 0 Å². The Morgan fingerprint density at radius 2 is 2.10 bits per heavy atom. The summed E-state index contributed by atoms with van der Waals surface area (Å²) >= 11 is 1.53. The van der Waals surface area contributed by atoms with E-state index in [1.807, 2.05) is 42.5 Å². The van der Waals surface area contributed by atoms with E-state index in [1.165, 1.54) is 24.8 Å². The number of esters is 1. The summed E-state index contributed by atoms with van der Waals surface area (Å²) in [6.07, 6.45) is 0. The molecule has 3 aromatic rings. The molecule has 4 rings (SSSR count). The molecule has 0 radical (unpaired) electrons. The van der Waals surface area contributed by atoms with Gasteiger partial charge in [0.1, 0.15) is 29.5 Å². The monoisotopic (exact) mass is 425 g/mol. The Bertz CT molecular complexity index is 1130. The van der Waals surface area contributed by atoms with Gasteiger partial charge in [-0.15, -0.1) is 11.8 Å². The molecule has 1 aliphatic rings. The minimum Gasteiger partial charge on any atom is -0.489 e. The molecule has 0 saturated carbocycles. The van der Waals surface area contributed by atoms with Crippen LogP contribution in [0.3, 0.4) is 0 Å². The van der Waals surface area contributed by atoms with Crippen LogP contribution < -0.4 is 4.74 Å². The van der Waals surface area contributed by atoms with Crippen LogP contribution >= 0.6 is 11.8 Å². The van der Waals surface area contributed by atoms with Gasteiger partial charge in [0, 0.05) is 24.1 Å². The number of para-hydroxylation sites is 1. The van der Waals surface area contributed by atoms with Crippen molar-refractivity contribution in [3.05, 3.63) is 69.9 Å². The van der Waals surface area contributed by atoms with Crippen LogP contribution in [-0.2, 0) is 16.1 Å². The number of nitrogens with zero attached hydrogens (tertiary/aromatic N) is 2. The zero-order valence-electron chi connectivity index (χ0n) is 16.2. The van der Waals surface area contributed by atoms with Gasteiger partial charge in [-0.05, 0) is 29.8 Å². The van der Waals surface area contributed by atoms with Gasteiger partial charge in [0.25, 0.3) is 5.69 Å². The molecule has 0 fully saturated rings. The third-order valence-electron chi connectivity index (χ3n) is 4.53. The minimum atomic E-state index is -0.401. The van der Waals surface area contributed by atoms with E-state index in [9.17, 15) is 14.9 Å². The Kier molecular flexibility index (Phi) is 5.71. The summed E-state index contributed by atoms with van der Waals surface area (Å²) < 4.78 is 10.8. The lowest BCUT2D eigenvalue weighted by Gasteiger charge is -2.06. The Morgan fingerprint density at radius 1 is 1.30 bits per heavy atom. The molecule has 1 atom stereocenters. The van der Waals surface area contributed by atoms with Crippen molar-refractivity contribution >= 4 is 39.4 Å². The van der Waals surface area contributed by atoms with Gasteiger partial charge in [-0.2, -0.15) is 0 Å². The molecule has 154 valence electrons. The number of carbonyl (C=O) groups excluding carboxylic acids is 1. The lowest BCUT2D eigenvalue weighted by Crippen LogP contribution is -2.15. The van der Waals surface area contributed by atoms with Crippen LogP contribution in [-0.4, -0.2) is 39.3 Å². The Labute approximate surface area is 176 Å². The van der Waals surface area contributed by atoms with E-state index in [0.717, 1.165) is 10.4 Å². The normalized spacial score (nSPS) is 15.8. The van der Waals surface area contributed by atoms with Gasteiger partial charge in [-0.25, -0.2) is 0 Å². The number of ether oxygens (including phenoxy) is 2.